The standard InChI is InChI=1S/C16H16BrN3O3/c1-23-12-7-5-11(6-8-12)9-10-18-15(21)16(22)20-14-4-2-3-13(17)19-14/h2-8H,9-10H2,1H3,(H,18,21)(H,19,20,22). The summed E-state index contributed by atoms with van der Waals surface area (Å²) in [4.78, 5) is 27.5. The number of halogens is 1. The molecule has 0 radical (unpaired) electrons. The molecule has 1 heterocycles. The van der Waals surface area contributed by atoms with Crippen LogP contribution in [0.2, 0.25) is 0 Å². The van der Waals surface area contributed by atoms with Crippen molar-refractivity contribution in [3.8, 4) is 5.75 Å². The van der Waals surface area contributed by atoms with Crippen LogP contribution in [0.3, 0.4) is 0 Å². The second-order valence-electron chi connectivity index (χ2n) is 4.65. The SMILES string of the molecule is COc1ccc(CCNC(=O)C(=O)Nc2cccc(Br)n2)cc1. The Morgan fingerprint density at radius 3 is 2.52 bits per heavy atom. The van der Waals surface area contributed by atoms with Crippen LogP contribution in [0.25, 0.3) is 0 Å². The van der Waals surface area contributed by atoms with E-state index >= 15 is 0 Å². The van der Waals surface area contributed by atoms with Gasteiger partial charge in [-0.05, 0) is 52.2 Å². The van der Waals surface area contributed by atoms with E-state index in [2.05, 4.69) is 31.5 Å². The highest BCUT2D eigenvalue weighted by Gasteiger charge is 2.13. The number of benzene rings is 1. The molecule has 2 N–H and O–H groups in total. The number of rotatable bonds is 5. The number of pyridine rings is 1. The molecule has 7 heteroatoms. The molecule has 1 aromatic carbocycles. The molecular formula is C16H16BrN3O3. The first kappa shape index (κ1) is 17.0. The summed E-state index contributed by atoms with van der Waals surface area (Å²) in [6, 6.07) is 12.6. The first-order valence-electron chi connectivity index (χ1n) is 6.93. The molecule has 0 saturated heterocycles. The smallest absolute Gasteiger partial charge is 0.314 e. The maximum atomic E-state index is 11.8. The molecular weight excluding hydrogens is 362 g/mol. The Bertz CT molecular complexity index is 689. The van der Waals surface area contributed by atoms with Crippen molar-refractivity contribution in [2.75, 3.05) is 19.0 Å². The van der Waals surface area contributed by atoms with Crippen LogP contribution in [-0.2, 0) is 16.0 Å². The fraction of sp³-hybridized carbons (Fsp3) is 0.188. The molecule has 6 nitrogen and oxygen atoms in total. The lowest BCUT2D eigenvalue weighted by atomic mass is 10.1. The molecule has 2 rings (SSSR count). The van der Waals surface area contributed by atoms with E-state index < -0.39 is 11.8 Å². The lowest BCUT2D eigenvalue weighted by molar-refractivity contribution is -0.136. The summed E-state index contributed by atoms with van der Waals surface area (Å²) >= 11 is 3.20. The molecule has 0 aliphatic carbocycles. The predicted octanol–water partition coefficient (Wildman–Crippen LogP) is 2.15. The van der Waals surface area contributed by atoms with Crippen LogP contribution in [-0.4, -0.2) is 30.5 Å². The van der Waals surface area contributed by atoms with Crippen molar-refractivity contribution < 1.29 is 14.3 Å². The maximum absolute atomic E-state index is 11.8. The second kappa shape index (κ2) is 8.28. The minimum Gasteiger partial charge on any atom is -0.497 e. The van der Waals surface area contributed by atoms with Gasteiger partial charge in [0.25, 0.3) is 0 Å². The van der Waals surface area contributed by atoms with E-state index in [0.29, 0.717) is 23.4 Å². The van der Waals surface area contributed by atoms with Gasteiger partial charge in [0.15, 0.2) is 0 Å². The third-order valence-electron chi connectivity index (χ3n) is 3.02. The molecule has 0 spiro atoms. The quantitative estimate of drug-likeness (QED) is 0.617. The Morgan fingerprint density at radius 2 is 1.87 bits per heavy atom. The number of anilines is 1. The largest absolute Gasteiger partial charge is 0.497 e. The van der Waals surface area contributed by atoms with Crippen LogP contribution in [0.1, 0.15) is 5.56 Å². The number of amides is 2. The summed E-state index contributed by atoms with van der Waals surface area (Å²) < 4.78 is 5.66. The van der Waals surface area contributed by atoms with E-state index in [0.717, 1.165) is 11.3 Å². The number of nitrogens with zero attached hydrogens (tertiary/aromatic N) is 1. The van der Waals surface area contributed by atoms with Crippen molar-refractivity contribution >= 4 is 33.6 Å². The Labute approximate surface area is 142 Å². The van der Waals surface area contributed by atoms with Gasteiger partial charge in [0, 0.05) is 6.54 Å². The minimum absolute atomic E-state index is 0.315. The van der Waals surface area contributed by atoms with Crippen molar-refractivity contribution in [1.82, 2.24) is 10.3 Å². The molecule has 1 aromatic heterocycles. The maximum Gasteiger partial charge on any atom is 0.314 e. The summed E-state index contributed by atoms with van der Waals surface area (Å²) in [6.45, 7) is 0.366. The molecule has 0 fully saturated rings. The summed E-state index contributed by atoms with van der Waals surface area (Å²) in [7, 11) is 1.61. The fourth-order valence-corrected chi connectivity index (χ4v) is 2.19. The van der Waals surface area contributed by atoms with E-state index in [1.165, 1.54) is 0 Å². The van der Waals surface area contributed by atoms with E-state index in [4.69, 9.17) is 4.74 Å². The number of ether oxygens (including phenoxy) is 1. The average Bonchev–Trinajstić information content (AvgIpc) is 2.55. The van der Waals surface area contributed by atoms with Crippen molar-refractivity contribution in [2.45, 2.75) is 6.42 Å². The molecule has 2 amide bonds. The minimum atomic E-state index is -0.745. The fourth-order valence-electron chi connectivity index (χ4n) is 1.84. The predicted molar refractivity (Wildman–Crippen MR) is 90.3 cm³/mol. The molecule has 2 aromatic rings. The number of carbonyl (C=O) groups is 2. The number of hydrogen-bond acceptors (Lipinski definition) is 4. The van der Waals surface area contributed by atoms with E-state index in [-0.39, 0.29) is 0 Å². The van der Waals surface area contributed by atoms with Gasteiger partial charge in [-0.1, -0.05) is 18.2 Å². The lowest BCUT2D eigenvalue weighted by Gasteiger charge is -2.07. The molecule has 120 valence electrons. The summed E-state index contributed by atoms with van der Waals surface area (Å²) in [5.41, 5.74) is 1.04. The molecule has 0 saturated carbocycles. The number of hydrogen-bond donors (Lipinski definition) is 2. The highest BCUT2D eigenvalue weighted by molar-refractivity contribution is 9.10. The van der Waals surface area contributed by atoms with Crippen LogP contribution in [0.15, 0.2) is 47.1 Å². The summed E-state index contributed by atoms with van der Waals surface area (Å²) in [5, 5.41) is 5.01. The van der Waals surface area contributed by atoms with E-state index in [1.54, 1.807) is 25.3 Å². The zero-order chi connectivity index (χ0) is 16.7. The van der Waals surface area contributed by atoms with Crippen LogP contribution in [0.5, 0.6) is 5.75 Å². The normalized spacial score (nSPS) is 10.0. The topological polar surface area (TPSA) is 80.3 Å². The average molecular weight is 378 g/mol. The third kappa shape index (κ3) is 5.37. The molecule has 0 aliphatic heterocycles. The second-order valence-corrected chi connectivity index (χ2v) is 5.47. The summed E-state index contributed by atoms with van der Waals surface area (Å²) in [6.07, 6.45) is 0.623. The van der Waals surface area contributed by atoms with Gasteiger partial charge in [0.1, 0.15) is 16.2 Å². The zero-order valence-electron chi connectivity index (χ0n) is 12.5. The van der Waals surface area contributed by atoms with Gasteiger partial charge in [-0.3, -0.25) is 9.59 Å². The van der Waals surface area contributed by atoms with Crippen LogP contribution in [0, 0.1) is 0 Å². The monoisotopic (exact) mass is 377 g/mol. The van der Waals surface area contributed by atoms with Gasteiger partial charge in [0.05, 0.1) is 7.11 Å². The highest BCUT2D eigenvalue weighted by atomic mass is 79.9. The molecule has 0 atom stereocenters. The third-order valence-corrected chi connectivity index (χ3v) is 3.46. The molecule has 23 heavy (non-hydrogen) atoms. The first-order chi connectivity index (χ1) is 11.1. The van der Waals surface area contributed by atoms with E-state index in [9.17, 15) is 9.59 Å². The van der Waals surface area contributed by atoms with Gasteiger partial charge >= 0.3 is 11.8 Å². The van der Waals surface area contributed by atoms with Crippen LogP contribution < -0.4 is 15.4 Å². The number of methoxy groups -OCH3 is 1. The Morgan fingerprint density at radius 1 is 1.13 bits per heavy atom. The van der Waals surface area contributed by atoms with Gasteiger partial charge < -0.3 is 15.4 Å². The van der Waals surface area contributed by atoms with E-state index in [1.807, 2.05) is 24.3 Å². The highest BCUT2D eigenvalue weighted by Crippen LogP contribution is 2.11. The number of aromatic nitrogens is 1. The van der Waals surface area contributed by atoms with Crippen molar-refractivity contribution in [3.63, 3.8) is 0 Å². The Balaban J connectivity index is 1.78. The Hall–Kier alpha value is -2.41. The number of carbonyl (C=O) groups excluding carboxylic acids is 2. The Kier molecular flexibility index (Phi) is 6.10. The van der Waals surface area contributed by atoms with Crippen LogP contribution >= 0.6 is 15.9 Å². The molecule has 0 aliphatic rings. The first-order valence-corrected chi connectivity index (χ1v) is 7.72. The van der Waals surface area contributed by atoms with Gasteiger partial charge in [-0.15, -0.1) is 0 Å². The van der Waals surface area contributed by atoms with Gasteiger partial charge in [0.2, 0.25) is 0 Å². The van der Waals surface area contributed by atoms with Crippen LogP contribution in [0.4, 0.5) is 5.82 Å². The van der Waals surface area contributed by atoms with Gasteiger partial charge in [-0.25, -0.2) is 4.98 Å². The lowest BCUT2D eigenvalue weighted by Crippen LogP contribution is -2.36. The zero-order valence-corrected chi connectivity index (χ0v) is 14.1. The van der Waals surface area contributed by atoms with Gasteiger partial charge in [-0.2, -0.15) is 0 Å². The summed E-state index contributed by atoms with van der Waals surface area (Å²) in [5.74, 6) is -0.348. The van der Waals surface area contributed by atoms with Crippen molar-refractivity contribution in [2.24, 2.45) is 0 Å². The molecule has 0 bridgehead atoms. The molecule has 0 unspecified atom stereocenters. The number of nitrogens with one attached hydrogen (secondary N) is 2. The van der Waals surface area contributed by atoms with Crippen molar-refractivity contribution in [3.05, 3.63) is 52.6 Å². The van der Waals surface area contributed by atoms with Crippen molar-refractivity contribution in [1.29, 1.82) is 0 Å².